The molecule has 1 aliphatic heterocycles. The highest BCUT2D eigenvalue weighted by Gasteiger charge is 2.50. The van der Waals surface area contributed by atoms with Crippen LogP contribution in [0.4, 0.5) is 0 Å². The van der Waals surface area contributed by atoms with E-state index in [1.807, 2.05) is 0 Å². The van der Waals surface area contributed by atoms with Crippen LogP contribution in [0.5, 0.6) is 0 Å². The van der Waals surface area contributed by atoms with Crippen LogP contribution in [0.1, 0.15) is 239 Å². The predicted octanol–water partition coefficient (Wildman–Crippen LogP) is 17.9. The summed E-state index contributed by atoms with van der Waals surface area (Å²) in [4.78, 5) is 51.4. The van der Waals surface area contributed by atoms with E-state index in [9.17, 15) is 34.5 Å². The molecule has 0 radical (unpaired) electrons. The molecule has 0 bridgehead atoms. The van der Waals surface area contributed by atoms with Crippen LogP contribution in [0.3, 0.4) is 0 Å². The van der Waals surface area contributed by atoms with Gasteiger partial charge in [0.25, 0.3) is 0 Å². The largest absolute Gasteiger partial charge is 0.479 e. The van der Waals surface area contributed by atoms with E-state index in [0.717, 1.165) is 161 Å². The van der Waals surface area contributed by atoms with Crippen LogP contribution >= 0.6 is 0 Å². The van der Waals surface area contributed by atoms with Crippen LogP contribution in [0, 0.1) is 0 Å². The first-order valence-electron chi connectivity index (χ1n) is 32.8. The number of hydrogen-bond donors (Lipinski definition) is 3. The fourth-order valence-electron chi connectivity index (χ4n) is 8.92. The molecule has 1 fully saturated rings. The Balaban J connectivity index is 2.72. The average molecular weight is 1180 g/mol. The third-order valence-corrected chi connectivity index (χ3v) is 13.9. The molecule has 0 aromatic heterocycles. The van der Waals surface area contributed by atoms with E-state index in [1.165, 1.54) is 19.3 Å². The number of aliphatic hydroxyl groups is 2. The van der Waals surface area contributed by atoms with E-state index < -0.39 is 67.3 Å². The van der Waals surface area contributed by atoms with Gasteiger partial charge in [0.15, 0.2) is 24.6 Å². The Morgan fingerprint density at radius 2 is 0.741 bits per heavy atom. The van der Waals surface area contributed by atoms with E-state index in [1.54, 1.807) is 0 Å². The molecule has 0 aromatic rings. The molecule has 1 rings (SSSR count). The highest BCUT2D eigenvalue weighted by molar-refractivity contribution is 5.74. The van der Waals surface area contributed by atoms with Crippen LogP contribution in [-0.4, -0.2) is 89.2 Å². The molecule has 0 spiro atoms. The Kier molecular flexibility index (Phi) is 53.8. The zero-order valence-corrected chi connectivity index (χ0v) is 52.8. The Morgan fingerprint density at radius 1 is 0.400 bits per heavy atom. The summed E-state index contributed by atoms with van der Waals surface area (Å²) in [5.41, 5.74) is 0. The van der Waals surface area contributed by atoms with Crippen molar-refractivity contribution in [3.63, 3.8) is 0 Å². The second kappa shape index (κ2) is 59.0. The zero-order chi connectivity index (χ0) is 61.7. The second-order valence-corrected chi connectivity index (χ2v) is 21.6. The standard InChI is InChI=1S/C73H114O12/c1-4-7-10-13-16-19-22-25-28-31-33-36-38-41-44-47-50-53-56-59-65(74)81-62-64(83-66(75)60-57-54-51-48-45-42-39-35-30-27-24-21-18-15-12-9-6-3)63-82-73-71(69(78)68(77)70(85-73)72(79)80)84-67(76)61-58-55-52-49-46-43-40-37-34-32-29-26-23-20-17-14-11-8-5-2/h7,9-10,12,16-21,25-30,33-34,36-37,39,41-42,44,64,68-71,73,77-78H,4-6,8,11,13-15,22-24,31-32,35,38,40,43,45-63H2,1-3H3,(H,79,80)/b10-7-,12-9-,19-16-,20-17-,21-18-,28-25-,29-26-,30-27-,36-33-,37-34-,42-39-,44-41-. The number of carbonyl (C=O) groups is 4. The van der Waals surface area contributed by atoms with Gasteiger partial charge in [-0.1, -0.05) is 224 Å². The zero-order valence-electron chi connectivity index (χ0n) is 52.8. The number of rotatable bonds is 54. The monoisotopic (exact) mass is 1180 g/mol. The average Bonchev–Trinajstić information content (AvgIpc) is 3.51. The van der Waals surface area contributed by atoms with Gasteiger partial charge in [-0.15, -0.1) is 0 Å². The number of aliphatic carboxylic acids is 1. The van der Waals surface area contributed by atoms with Gasteiger partial charge in [-0.2, -0.15) is 0 Å². The Morgan fingerprint density at radius 3 is 1.14 bits per heavy atom. The quantitative estimate of drug-likeness (QED) is 0.0228. The second-order valence-electron chi connectivity index (χ2n) is 21.6. The lowest BCUT2D eigenvalue weighted by molar-refractivity contribution is -0.301. The summed E-state index contributed by atoms with van der Waals surface area (Å²) in [5, 5.41) is 31.6. The first kappa shape index (κ1) is 77.6. The number of esters is 3. The van der Waals surface area contributed by atoms with Gasteiger partial charge in [0.1, 0.15) is 18.8 Å². The number of unbranched alkanes of at least 4 members (excludes halogenated alkanes) is 16. The van der Waals surface area contributed by atoms with Gasteiger partial charge >= 0.3 is 23.9 Å². The molecule has 1 aliphatic rings. The molecular weight excluding hydrogens is 1070 g/mol. The molecule has 0 saturated carbocycles. The van der Waals surface area contributed by atoms with Crippen molar-refractivity contribution in [2.75, 3.05) is 13.2 Å². The number of aliphatic hydroxyl groups excluding tert-OH is 2. The topological polar surface area (TPSA) is 175 Å². The van der Waals surface area contributed by atoms with Crippen molar-refractivity contribution in [2.24, 2.45) is 0 Å². The van der Waals surface area contributed by atoms with E-state index >= 15 is 0 Å². The highest BCUT2D eigenvalue weighted by Crippen LogP contribution is 2.26. The third kappa shape index (κ3) is 48.4. The minimum atomic E-state index is -1.93. The number of carboxylic acids is 1. The van der Waals surface area contributed by atoms with Crippen molar-refractivity contribution >= 4 is 23.9 Å². The molecule has 0 aromatic carbocycles. The van der Waals surface area contributed by atoms with Crippen LogP contribution in [0.25, 0.3) is 0 Å². The van der Waals surface area contributed by atoms with Gasteiger partial charge in [0.05, 0.1) is 6.61 Å². The minimum Gasteiger partial charge on any atom is -0.479 e. The molecule has 478 valence electrons. The van der Waals surface area contributed by atoms with Gasteiger partial charge in [-0.05, 0) is 141 Å². The summed E-state index contributed by atoms with van der Waals surface area (Å²) in [5.74, 6) is -3.23. The summed E-state index contributed by atoms with van der Waals surface area (Å²) >= 11 is 0. The van der Waals surface area contributed by atoms with Crippen LogP contribution in [-0.2, 0) is 42.9 Å². The third-order valence-electron chi connectivity index (χ3n) is 13.9. The minimum absolute atomic E-state index is 0.0311. The molecule has 12 nitrogen and oxygen atoms in total. The predicted molar refractivity (Wildman–Crippen MR) is 349 cm³/mol. The van der Waals surface area contributed by atoms with Gasteiger partial charge in [-0.3, -0.25) is 14.4 Å². The van der Waals surface area contributed by atoms with E-state index in [2.05, 4.69) is 167 Å². The van der Waals surface area contributed by atoms with Crippen LogP contribution in [0.2, 0.25) is 0 Å². The summed E-state index contributed by atoms with van der Waals surface area (Å²) in [6.45, 7) is 5.69. The smallest absolute Gasteiger partial charge is 0.335 e. The lowest BCUT2D eigenvalue weighted by atomic mass is 9.98. The Bertz CT molecular complexity index is 2030. The van der Waals surface area contributed by atoms with E-state index in [4.69, 9.17) is 23.7 Å². The molecule has 12 heteroatoms. The number of carbonyl (C=O) groups excluding carboxylic acids is 3. The lowest BCUT2D eigenvalue weighted by Crippen LogP contribution is -2.61. The summed E-state index contributed by atoms with van der Waals surface area (Å²) in [7, 11) is 0. The maximum atomic E-state index is 13.2. The van der Waals surface area contributed by atoms with Crippen molar-refractivity contribution < 1.29 is 58.2 Å². The maximum Gasteiger partial charge on any atom is 0.335 e. The van der Waals surface area contributed by atoms with Gasteiger partial charge in [0.2, 0.25) is 0 Å². The molecule has 1 heterocycles. The van der Waals surface area contributed by atoms with Gasteiger partial charge in [-0.25, -0.2) is 4.79 Å². The molecular formula is C73H114O12. The first-order chi connectivity index (χ1) is 41.6. The van der Waals surface area contributed by atoms with Gasteiger partial charge < -0.3 is 39.0 Å². The molecule has 6 atom stereocenters. The van der Waals surface area contributed by atoms with Crippen molar-refractivity contribution in [1.82, 2.24) is 0 Å². The molecule has 6 unspecified atom stereocenters. The SMILES string of the molecule is CC/C=C\C/C=C\C/C=C\C/C=C\C/C=C\CCCCCC(=O)OCC(COC1OC(C(=O)O)C(O)C(O)C1OC(=O)CCCCCCCC/C=C\C/C=C\C/C=C\CCCCC)OC(=O)CCCCCC/C=C\C/C=C\C/C=C\C/C=C\CC. The summed E-state index contributed by atoms with van der Waals surface area (Å²) in [6.07, 6.45) is 72.2. The maximum absolute atomic E-state index is 13.2. The Labute approximate surface area is 514 Å². The fourth-order valence-corrected chi connectivity index (χ4v) is 8.92. The summed E-state index contributed by atoms with van der Waals surface area (Å²) < 4.78 is 28.5. The molecule has 0 amide bonds. The molecule has 85 heavy (non-hydrogen) atoms. The highest BCUT2D eigenvalue weighted by atomic mass is 16.7. The Hall–Kier alpha value is -5.40. The van der Waals surface area contributed by atoms with E-state index in [0.29, 0.717) is 19.3 Å². The molecule has 3 N–H and O–H groups in total. The lowest BCUT2D eigenvalue weighted by Gasteiger charge is -2.40. The number of ether oxygens (including phenoxy) is 5. The first-order valence-corrected chi connectivity index (χ1v) is 32.8. The number of carboxylic acid groups (broad SMARTS) is 1. The van der Waals surface area contributed by atoms with Crippen LogP contribution in [0.15, 0.2) is 146 Å². The summed E-state index contributed by atoms with van der Waals surface area (Å²) in [6, 6.07) is 0. The molecule has 0 aliphatic carbocycles. The number of hydrogen-bond acceptors (Lipinski definition) is 11. The van der Waals surface area contributed by atoms with E-state index in [-0.39, 0.29) is 25.9 Å². The van der Waals surface area contributed by atoms with Crippen molar-refractivity contribution in [3.8, 4) is 0 Å². The normalized spacial score (nSPS) is 18.4. The fraction of sp³-hybridized carbons (Fsp3) is 0.616. The number of allylic oxidation sites excluding steroid dienone is 24. The van der Waals surface area contributed by atoms with Crippen molar-refractivity contribution in [2.45, 2.75) is 276 Å². The van der Waals surface area contributed by atoms with Crippen LogP contribution < -0.4 is 0 Å². The van der Waals surface area contributed by atoms with Gasteiger partial charge in [0, 0.05) is 19.3 Å². The van der Waals surface area contributed by atoms with Crippen molar-refractivity contribution in [1.29, 1.82) is 0 Å². The van der Waals surface area contributed by atoms with Crippen molar-refractivity contribution in [3.05, 3.63) is 146 Å². The molecule has 1 saturated heterocycles.